The molecule has 0 aromatic heterocycles. The topological polar surface area (TPSA) is 121 Å². The lowest BCUT2D eigenvalue weighted by Crippen LogP contribution is -2.60. The van der Waals surface area contributed by atoms with Crippen LogP contribution in [-0.4, -0.2) is 63.3 Å². The number of imide groups is 2. The van der Waals surface area contributed by atoms with E-state index in [0.717, 1.165) is 9.80 Å². The predicted molar refractivity (Wildman–Crippen MR) is 157 cm³/mol. The van der Waals surface area contributed by atoms with E-state index < -0.39 is 57.0 Å². The Morgan fingerprint density at radius 3 is 2.33 bits per heavy atom. The second kappa shape index (κ2) is 9.65. The van der Waals surface area contributed by atoms with Gasteiger partial charge in [0.15, 0.2) is 27.0 Å². The molecule has 6 atom stereocenters. The van der Waals surface area contributed by atoms with Crippen LogP contribution in [0.2, 0.25) is 0 Å². The number of methoxy groups -OCH3 is 1. The molecule has 42 heavy (non-hydrogen) atoms. The van der Waals surface area contributed by atoms with Gasteiger partial charge in [-0.3, -0.25) is 33.8 Å². The Labute approximate surface area is 259 Å². The van der Waals surface area contributed by atoms with Crippen molar-refractivity contribution >= 4 is 74.2 Å². The zero-order valence-corrected chi connectivity index (χ0v) is 25.8. The molecule has 0 spiro atoms. The number of halogens is 3. The zero-order chi connectivity index (χ0) is 30.5. The van der Waals surface area contributed by atoms with Gasteiger partial charge in [0.05, 0.1) is 24.6 Å². The summed E-state index contributed by atoms with van der Waals surface area (Å²) in [4.78, 5) is 64.8. The van der Waals surface area contributed by atoms with E-state index in [4.69, 9.17) is 27.9 Å². The highest BCUT2D eigenvalue weighted by Gasteiger charge is 2.76. The lowest BCUT2D eigenvalue weighted by Gasteiger charge is -2.50. The average Bonchev–Trinajstić information content (AvgIpc) is 3.29. The number of phenols is 1. The quantitative estimate of drug-likeness (QED) is 0.218. The Morgan fingerprint density at radius 1 is 1.05 bits per heavy atom. The molecule has 2 heterocycles. The molecule has 2 aliphatic heterocycles. The number of Topliss-reactive ketones (excluding diaryl/α,β-unsaturated/α-hetero) is 1. The first-order valence-electron chi connectivity index (χ1n) is 13.2. The number of phenolic OH excluding ortho intramolecular Hbond substituents is 1. The second-order valence-electron chi connectivity index (χ2n) is 11.2. The van der Waals surface area contributed by atoms with Gasteiger partial charge in [-0.25, -0.2) is 0 Å². The number of likely N-dealkylation sites (tertiary alicyclic amines) is 1. The molecule has 4 aliphatic rings. The first-order valence-corrected chi connectivity index (χ1v) is 14.8. The third kappa shape index (κ3) is 3.64. The van der Waals surface area contributed by atoms with Crippen LogP contribution < -0.4 is 9.64 Å². The number of amides is 4. The van der Waals surface area contributed by atoms with Crippen molar-refractivity contribution in [1.29, 1.82) is 0 Å². The molecule has 1 N–H and O–H groups in total. The normalized spacial score (nSPS) is 32.0. The van der Waals surface area contributed by atoms with Crippen LogP contribution in [0.1, 0.15) is 41.6 Å². The lowest BCUT2D eigenvalue weighted by molar-refractivity contribution is -0.138. The molecule has 1 saturated carbocycles. The number of ketones is 1. The van der Waals surface area contributed by atoms with Crippen LogP contribution in [0.3, 0.4) is 0 Å². The van der Waals surface area contributed by atoms with Gasteiger partial charge < -0.3 is 9.84 Å². The van der Waals surface area contributed by atoms with Crippen molar-refractivity contribution in [2.24, 2.45) is 17.8 Å². The van der Waals surface area contributed by atoms with Crippen molar-refractivity contribution in [1.82, 2.24) is 4.90 Å². The summed E-state index contributed by atoms with van der Waals surface area (Å²) in [5.41, 5.74) is 1.51. The number of hydrogen-bond acceptors (Lipinski definition) is 7. The molecule has 2 aromatic carbocycles. The van der Waals surface area contributed by atoms with Crippen LogP contribution in [0.4, 0.5) is 5.69 Å². The summed E-state index contributed by atoms with van der Waals surface area (Å²) < 4.78 is 5.87. The number of benzene rings is 2. The molecule has 3 fully saturated rings. The molecule has 2 saturated heterocycles. The molecule has 0 bridgehead atoms. The van der Waals surface area contributed by atoms with Gasteiger partial charge in [0.1, 0.15) is 0 Å². The summed E-state index contributed by atoms with van der Waals surface area (Å²) in [5.74, 6) is -6.16. The van der Waals surface area contributed by atoms with E-state index in [0.29, 0.717) is 21.3 Å². The van der Waals surface area contributed by atoms with Crippen molar-refractivity contribution in [2.75, 3.05) is 19.1 Å². The number of carbonyl (C=O) groups excluding carboxylic acids is 5. The summed E-state index contributed by atoms with van der Waals surface area (Å²) in [7, 11) is 2.67. The number of alkyl halides is 2. The number of carbonyl (C=O) groups is 5. The minimum atomic E-state index is -2.04. The fourth-order valence-corrected chi connectivity index (χ4v) is 8.63. The summed E-state index contributed by atoms with van der Waals surface area (Å²) in [5, 5.41) is 11.3. The van der Waals surface area contributed by atoms with E-state index in [1.54, 1.807) is 42.5 Å². The summed E-state index contributed by atoms with van der Waals surface area (Å²) in [6.07, 6.45) is 1.79. The van der Waals surface area contributed by atoms with Crippen LogP contribution in [0.5, 0.6) is 11.5 Å². The van der Waals surface area contributed by atoms with Crippen LogP contribution in [0.15, 0.2) is 52.5 Å². The van der Waals surface area contributed by atoms with Crippen molar-refractivity contribution < 1.29 is 33.8 Å². The highest BCUT2D eigenvalue weighted by molar-refractivity contribution is 9.10. The maximum Gasteiger partial charge on any atom is 0.253 e. The number of nitrogens with zero attached hydrogens (tertiary/aromatic N) is 2. The maximum absolute atomic E-state index is 14.1. The molecule has 12 heteroatoms. The Balaban J connectivity index is 1.52. The van der Waals surface area contributed by atoms with Crippen molar-refractivity contribution in [3.05, 3.63) is 63.6 Å². The van der Waals surface area contributed by atoms with Gasteiger partial charge >= 0.3 is 0 Å². The molecular weight excluding hydrogens is 651 g/mol. The van der Waals surface area contributed by atoms with Crippen molar-refractivity contribution in [3.63, 3.8) is 0 Å². The molecule has 6 rings (SSSR count). The van der Waals surface area contributed by atoms with E-state index in [2.05, 4.69) is 15.9 Å². The van der Waals surface area contributed by atoms with Crippen molar-refractivity contribution in [3.8, 4) is 11.5 Å². The highest BCUT2D eigenvalue weighted by atomic mass is 79.9. The van der Waals surface area contributed by atoms with Crippen LogP contribution in [0.25, 0.3) is 0 Å². The van der Waals surface area contributed by atoms with E-state index in [-0.39, 0.29) is 35.7 Å². The number of aromatic hydroxyl groups is 1. The minimum Gasteiger partial charge on any atom is -0.504 e. The number of hydrogen-bond donors (Lipinski definition) is 1. The highest BCUT2D eigenvalue weighted by Crippen LogP contribution is 2.66. The first-order chi connectivity index (χ1) is 19.8. The van der Waals surface area contributed by atoms with Crippen LogP contribution >= 0.6 is 39.1 Å². The summed E-state index contributed by atoms with van der Waals surface area (Å²) >= 11 is 17.8. The molecule has 9 nitrogen and oxygen atoms in total. The zero-order valence-electron chi connectivity index (χ0n) is 22.7. The average molecular weight is 676 g/mol. The summed E-state index contributed by atoms with van der Waals surface area (Å²) in [6.45, 7) is 1.42. The number of rotatable bonds is 4. The van der Waals surface area contributed by atoms with Gasteiger partial charge in [-0.1, -0.05) is 27.6 Å². The molecule has 4 amide bonds. The molecule has 2 aromatic rings. The van der Waals surface area contributed by atoms with Gasteiger partial charge in [-0.15, -0.1) is 23.2 Å². The van der Waals surface area contributed by atoms with E-state index in [1.165, 1.54) is 21.1 Å². The van der Waals surface area contributed by atoms with Crippen LogP contribution in [0, 0.1) is 17.8 Å². The van der Waals surface area contributed by atoms with Gasteiger partial charge in [0.2, 0.25) is 11.8 Å². The van der Waals surface area contributed by atoms with Gasteiger partial charge in [0, 0.05) is 28.6 Å². The Morgan fingerprint density at radius 2 is 1.71 bits per heavy atom. The fourth-order valence-electron chi connectivity index (χ4n) is 7.16. The lowest BCUT2D eigenvalue weighted by atomic mass is 9.56. The number of allylic oxidation sites excluding steroid dienone is 2. The first kappa shape index (κ1) is 28.9. The standard InChI is InChI=1S/C30H25BrCl2N2O7/c1-13(36)14-4-6-16(7-5-14)35-25(38)18-9-8-17-20(22(18)26(35)39)12-29(32)27(40)34(2)28(41)30(29,33)23(17)19-10-15(31)11-21(42-3)24(19)37/h4-8,10-11,18,20,22-23,37H,9,12H2,1-3H3/t18-,20+,22-,23+,29+,30-/m0/s1. The molecule has 2 aliphatic carbocycles. The van der Waals surface area contributed by atoms with Crippen molar-refractivity contribution in [2.45, 2.75) is 35.4 Å². The van der Waals surface area contributed by atoms with E-state index in [1.807, 2.05) is 0 Å². The molecule has 218 valence electrons. The monoisotopic (exact) mass is 674 g/mol. The number of ether oxygens (including phenoxy) is 1. The van der Waals surface area contributed by atoms with Gasteiger partial charge in [-0.2, -0.15) is 0 Å². The molecule has 0 radical (unpaired) electrons. The number of anilines is 1. The predicted octanol–water partition coefficient (Wildman–Crippen LogP) is 4.56. The smallest absolute Gasteiger partial charge is 0.253 e. The van der Waals surface area contributed by atoms with E-state index in [9.17, 15) is 29.1 Å². The number of fused-ring (bicyclic) bond motifs is 4. The second-order valence-corrected chi connectivity index (χ2v) is 13.3. The molecular formula is C30H25BrCl2N2O7. The third-order valence-electron chi connectivity index (χ3n) is 9.15. The Bertz CT molecular complexity index is 1640. The largest absolute Gasteiger partial charge is 0.504 e. The summed E-state index contributed by atoms with van der Waals surface area (Å²) in [6, 6.07) is 9.33. The third-order valence-corrected chi connectivity index (χ3v) is 11.0. The van der Waals surface area contributed by atoms with Gasteiger partial charge in [-0.05, 0) is 62.1 Å². The molecule has 0 unspecified atom stereocenters. The Hall–Kier alpha value is -3.21. The van der Waals surface area contributed by atoms with Crippen LogP contribution in [-0.2, 0) is 19.2 Å². The maximum atomic E-state index is 14.1. The van der Waals surface area contributed by atoms with E-state index >= 15 is 0 Å². The minimum absolute atomic E-state index is 0.105. The SMILES string of the molecule is COc1cc(Br)cc([C@H]2C3=CC[C@@H]4C(=O)N(c5ccc(C(C)=O)cc5)C(=O)[C@@H]4[C@@H]3C[C@@]3(Cl)C(=O)N(C)C(=O)[C@@]23Cl)c1O. The Kier molecular flexibility index (Phi) is 6.64. The van der Waals surface area contributed by atoms with Gasteiger partial charge in [0.25, 0.3) is 11.8 Å². The fraction of sp³-hybridized carbons (Fsp3) is 0.367.